The van der Waals surface area contributed by atoms with Gasteiger partial charge in [0.25, 0.3) is 0 Å². The van der Waals surface area contributed by atoms with Crippen LogP contribution in [0.5, 0.6) is 11.5 Å². The number of quaternary nitrogens is 1. The van der Waals surface area contributed by atoms with Crippen molar-refractivity contribution in [3.8, 4) is 11.5 Å². The Kier molecular flexibility index (Phi) is 10.9. The number of hydrogen-bond acceptors (Lipinski definition) is 7. The van der Waals surface area contributed by atoms with Crippen LogP contribution in [-0.4, -0.2) is 41.9 Å². The summed E-state index contributed by atoms with van der Waals surface area (Å²) in [6.07, 6.45) is 2.75. The van der Waals surface area contributed by atoms with Gasteiger partial charge in [-0.2, -0.15) is 0 Å². The van der Waals surface area contributed by atoms with Gasteiger partial charge < -0.3 is 30.0 Å². The first-order valence-corrected chi connectivity index (χ1v) is 14.7. The summed E-state index contributed by atoms with van der Waals surface area (Å²) in [4.78, 5) is 25.7. The third-order valence-corrected chi connectivity index (χ3v) is 7.12. The Morgan fingerprint density at radius 2 is 1.00 bits per heavy atom. The molecule has 0 aromatic heterocycles. The van der Waals surface area contributed by atoms with Gasteiger partial charge >= 0.3 is 11.9 Å². The van der Waals surface area contributed by atoms with Crippen LogP contribution in [0.15, 0.2) is 36.5 Å². The Hall–Kier alpha value is -3.36. The molecule has 0 saturated heterocycles. The smallest absolute Gasteiger partial charge is 0.338 e. The molecule has 0 amide bonds. The maximum absolute atomic E-state index is 12.9. The van der Waals surface area contributed by atoms with E-state index in [0.717, 1.165) is 0 Å². The Labute approximate surface area is 257 Å². The monoisotopic (exact) mass is 597 g/mol. The van der Waals surface area contributed by atoms with Crippen LogP contribution < -0.4 is 5.06 Å². The number of aromatic hydroxyl groups is 2. The molecule has 0 saturated carbocycles. The van der Waals surface area contributed by atoms with Crippen molar-refractivity contribution in [1.29, 1.82) is 0 Å². The molecule has 2 aromatic carbocycles. The van der Waals surface area contributed by atoms with E-state index in [1.54, 1.807) is 24.3 Å². The summed E-state index contributed by atoms with van der Waals surface area (Å²) in [7, 11) is 0. The van der Waals surface area contributed by atoms with Crippen molar-refractivity contribution in [2.45, 2.75) is 105 Å². The molecule has 0 spiro atoms. The van der Waals surface area contributed by atoms with Crippen LogP contribution >= 0.6 is 0 Å². The number of hydroxylamine groups is 2. The second-order valence-corrected chi connectivity index (χ2v) is 15.2. The van der Waals surface area contributed by atoms with Gasteiger partial charge in [-0.3, -0.25) is 0 Å². The highest BCUT2D eigenvalue weighted by molar-refractivity contribution is 5.91. The maximum atomic E-state index is 12.9. The minimum atomic E-state index is -0.570. The Bertz CT molecular complexity index is 1280. The summed E-state index contributed by atoms with van der Waals surface area (Å²) in [5.74, 6) is -0.773. The fourth-order valence-corrected chi connectivity index (χ4v) is 4.59. The first kappa shape index (κ1) is 35.8. The predicted octanol–water partition coefficient (Wildman–Crippen LogP) is 6.20. The second kappa shape index (κ2) is 13.1. The highest BCUT2D eigenvalue weighted by Crippen LogP contribution is 2.41. The van der Waals surface area contributed by atoms with E-state index in [2.05, 4.69) is 0 Å². The third kappa shape index (κ3) is 9.57. The van der Waals surface area contributed by atoms with Gasteiger partial charge in [0.1, 0.15) is 31.3 Å². The lowest BCUT2D eigenvalue weighted by molar-refractivity contribution is -0.791. The molecule has 0 aliphatic rings. The molecule has 1 unspecified atom stereocenters. The molecule has 238 valence electrons. The standard InChI is InChI=1S/C35H51NO7/c1-32(2,3)24-18-22(19-25(28(24)37)33(4,5)6)30(39)42-16-13-14-36(41)15-17-43-31(40)23-20-26(34(7,8)9)29(38)27(21-23)35(10,11)12/h13-14,18-21,36-38H,15-17H2,1-12H3. The fourth-order valence-electron chi connectivity index (χ4n) is 4.59. The zero-order valence-electron chi connectivity index (χ0n) is 28.0. The van der Waals surface area contributed by atoms with Crippen molar-refractivity contribution in [3.05, 3.63) is 75.1 Å². The van der Waals surface area contributed by atoms with Gasteiger partial charge in [-0.15, -0.1) is 0 Å². The van der Waals surface area contributed by atoms with Crippen LogP contribution in [0.25, 0.3) is 0 Å². The zero-order chi connectivity index (χ0) is 33.1. The molecule has 0 aliphatic carbocycles. The van der Waals surface area contributed by atoms with Crippen molar-refractivity contribution < 1.29 is 34.3 Å². The first-order valence-electron chi connectivity index (χ1n) is 14.7. The van der Waals surface area contributed by atoms with Gasteiger partial charge in [-0.05, 0) is 45.9 Å². The van der Waals surface area contributed by atoms with Crippen LogP contribution in [0.4, 0.5) is 0 Å². The topological polar surface area (TPSA) is 121 Å². The number of esters is 2. The summed E-state index contributed by atoms with van der Waals surface area (Å²) in [5.41, 5.74) is 1.71. The number of carbonyl (C=O) groups is 2. The van der Waals surface area contributed by atoms with Gasteiger partial charge in [-0.25, -0.2) is 9.59 Å². The molecule has 0 bridgehead atoms. The molecule has 8 nitrogen and oxygen atoms in total. The van der Waals surface area contributed by atoms with Crippen LogP contribution in [0.1, 0.15) is 126 Å². The van der Waals surface area contributed by atoms with Crippen LogP contribution in [0, 0.1) is 5.21 Å². The number of phenolic OH excluding ortho intramolecular Hbond substituents is 2. The minimum Gasteiger partial charge on any atom is -0.629 e. The van der Waals surface area contributed by atoms with E-state index in [0.29, 0.717) is 33.4 Å². The van der Waals surface area contributed by atoms with Crippen LogP contribution in [0.3, 0.4) is 0 Å². The second-order valence-electron chi connectivity index (χ2n) is 15.2. The van der Waals surface area contributed by atoms with E-state index in [1.165, 1.54) is 12.3 Å². The van der Waals surface area contributed by atoms with Gasteiger partial charge in [0.2, 0.25) is 0 Å². The molecule has 2 aromatic rings. The van der Waals surface area contributed by atoms with Crippen LogP contribution in [0.2, 0.25) is 0 Å². The fraction of sp³-hybridized carbons (Fsp3) is 0.543. The molecule has 1 atom stereocenters. The normalized spacial score (nSPS) is 13.7. The molecule has 0 radical (unpaired) electrons. The molecular formula is C35H51NO7. The van der Waals surface area contributed by atoms with Gasteiger partial charge in [-0.1, -0.05) is 83.1 Å². The molecule has 0 heterocycles. The average Bonchev–Trinajstić information content (AvgIpc) is 2.83. The Morgan fingerprint density at radius 3 is 1.33 bits per heavy atom. The number of benzene rings is 2. The highest BCUT2D eigenvalue weighted by Gasteiger charge is 2.29. The van der Waals surface area contributed by atoms with Gasteiger partial charge in [0.05, 0.1) is 17.3 Å². The SMILES string of the molecule is CC(C)(C)c1cc(C(=O)OCC=C[NH+]([O-])CCOC(=O)c2cc(C(C)(C)C)c(O)c(C(C)(C)C)c2)cc(C(C)(C)C)c1O. The third-order valence-electron chi connectivity index (χ3n) is 7.12. The lowest BCUT2D eigenvalue weighted by Gasteiger charge is -2.28. The van der Waals surface area contributed by atoms with Gasteiger partial charge in [0, 0.05) is 28.3 Å². The lowest BCUT2D eigenvalue weighted by Crippen LogP contribution is -3.02. The number of hydrogen-bond donors (Lipinski definition) is 3. The van der Waals surface area contributed by atoms with E-state index in [4.69, 9.17) is 9.47 Å². The van der Waals surface area contributed by atoms with Crippen molar-refractivity contribution >= 4 is 11.9 Å². The zero-order valence-corrected chi connectivity index (χ0v) is 28.0. The molecule has 8 heteroatoms. The van der Waals surface area contributed by atoms with Crippen LogP contribution in [-0.2, 0) is 31.1 Å². The molecular weight excluding hydrogens is 546 g/mol. The van der Waals surface area contributed by atoms with E-state index in [1.807, 2.05) is 83.1 Å². The maximum Gasteiger partial charge on any atom is 0.338 e. The summed E-state index contributed by atoms with van der Waals surface area (Å²) < 4.78 is 10.8. The quantitative estimate of drug-likeness (QED) is 0.245. The van der Waals surface area contributed by atoms with E-state index < -0.39 is 22.8 Å². The van der Waals surface area contributed by atoms with E-state index in [-0.39, 0.29) is 47.2 Å². The average molecular weight is 598 g/mol. The highest BCUT2D eigenvalue weighted by atomic mass is 16.5. The summed E-state index contributed by atoms with van der Waals surface area (Å²) in [6, 6.07) is 6.59. The first-order chi connectivity index (χ1) is 19.4. The molecule has 0 aliphatic heterocycles. The largest absolute Gasteiger partial charge is 0.629 e. The molecule has 43 heavy (non-hydrogen) atoms. The number of carbonyl (C=O) groups excluding carboxylic acids is 2. The lowest BCUT2D eigenvalue weighted by atomic mass is 9.78. The number of rotatable bonds is 8. The summed E-state index contributed by atoms with van der Waals surface area (Å²) in [6.45, 7) is 23.3. The van der Waals surface area contributed by atoms with E-state index in [9.17, 15) is 25.0 Å². The number of phenols is 2. The Morgan fingerprint density at radius 1 is 0.674 bits per heavy atom. The van der Waals surface area contributed by atoms with Crippen molar-refractivity contribution in [2.75, 3.05) is 19.8 Å². The Balaban J connectivity index is 2.02. The van der Waals surface area contributed by atoms with Crippen molar-refractivity contribution in [1.82, 2.24) is 0 Å². The summed E-state index contributed by atoms with van der Waals surface area (Å²) in [5, 5.41) is 33.8. The van der Waals surface area contributed by atoms with Crippen molar-refractivity contribution in [2.24, 2.45) is 0 Å². The molecule has 0 fully saturated rings. The molecule has 3 N–H and O–H groups in total. The van der Waals surface area contributed by atoms with Crippen molar-refractivity contribution in [3.63, 3.8) is 0 Å². The molecule has 2 rings (SSSR count). The van der Waals surface area contributed by atoms with Gasteiger partial charge in [0.15, 0.2) is 0 Å². The summed E-state index contributed by atoms with van der Waals surface area (Å²) >= 11 is 0. The predicted molar refractivity (Wildman–Crippen MR) is 170 cm³/mol. The number of ether oxygens (including phenoxy) is 2. The van der Waals surface area contributed by atoms with E-state index >= 15 is 0 Å². The number of nitrogens with one attached hydrogen (secondary N) is 1. The minimum absolute atomic E-state index is 0.0334.